The van der Waals surface area contributed by atoms with E-state index >= 15 is 0 Å². The van der Waals surface area contributed by atoms with Gasteiger partial charge in [0.05, 0.1) is 29.1 Å². The molecule has 0 aliphatic carbocycles. The highest BCUT2D eigenvalue weighted by molar-refractivity contribution is 9.10. The standard InChI is InChI=1S/C17H16BrN7S/c1-12(24-10-14(18)7-20-24)16-21-22-17(26)25(16)15-8-19-23(11-15)9-13-5-3-2-4-6-13/h2-8,10-12H,9H2,1H3,(H,22,26). The predicted molar refractivity (Wildman–Crippen MR) is 104 cm³/mol. The van der Waals surface area contributed by atoms with Crippen molar-refractivity contribution < 1.29 is 0 Å². The van der Waals surface area contributed by atoms with Gasteiger partial charge in [-0.25, -0.2) is 0 Å². The van der Waals surface area contributed by atoms with E-state index in [4.69, 9.17) is 12.2 Å². The lowest BCUT2D eigenvalue weighted by atomic mass is 10.2. The number of nitrogens with one attached hydrogen (secondary N) is 1. The van der Waals surface area contributed by atoms with Gasteiger partial charge in [-0.1, -0.05) is 30.3 Å². The zero-order chi connectivity index (χ0) is 18.1. The Labute approximate surface area is 163 Å². The van der Waals surface area contributed by atoms with Gasteiger partial charge in [-0.2, -0.15) is 15.3 Å². The van der Waals surface area contributed by atoms with Gasteiger partial charge in [-0.3, -0.25) is 19.0 Å². The molecule has 3 heterocycles. The van der Waals surface area contributed by atoms with Crippen molar-refractivity contribution >= 4 is 28.1 Å². The van der Waals surface area contributed by atoms with Crippen molar-refractivity contribution in [2.45, 2.75) is 19.5 Å². The molecule has 0 radical (unpaired) electrons. The lowest BCUT2D eigenvalue weighted by molar-refractivity contribution is 0.527. The lowest BCUT2D eigenvalue weighted by Gasteiger charge is -2.12. The highest BCUT2D eigenvalue weighted by atomic mass is 79.9. The van der Waals surface area contributed by atoms with Crippen LogP contribution in [0.15, 0.2) is 59.6 Å². The molecule has 0 saturated heterocycles. The number of hydrogen-bond donors (Lipinski definition) is 1. The van der Waals surface area contributed by atoms with E-state index in [1.54, 1.807) is 12.4 Å². The summed E-state index contributed by atoms with van der Waals surface area (Å²) in [5.74, 6) is 0.768. The Morgan fingerprint density at radius 3 is 2.69 bits per heavy atom. The van der Waals surface area contributed by atoms with Crippen LogP contribution in [0.25, 0.3) is 5.69 Å². The SMILES string of the molecule is CC(c1n[nH]c(=S)n1-c1cnn(Cc2ccccc2)c1)n1cc(Br)cn1. The molecular weight excluding hydrogens is 414 g/mol. The molecule has 4 aromatic rings. The molecule has 7 nitrogen and oxygen atoms in total. The summed E-state index contributed by atoms with van der Waals surface area (Å²) < 4.78 is 7.06. The van der Waals surface area contributed by atoms with Gasteiger partial charge in [-0.05, 0) is 40.6 Å². The first-order valence-electron chi connectivity index (χ1n) is 8.05. The van der Waals surface area contributed by atoms with Gasteiger partial charge < -0.3 is 0 Å². The number of benzene rings is 1. The van der Waals surface area contributed by atoms with Crippen molar-refractivity contribution in [1.29, 1.82) is 0 Å². The van der Waals surface area contributed by atoms with Crippen molar-refractivity contribution in [3.05, 3.63) is 75.8 Å². The molecule has 1 atom stereocenters. The number of halogens is 1. The normalized spacial score (nSPS) is 12.4. The van der Waals surface area contributed by atoms with Gasteiger partial charge in [0.2, 0.25) is 0 Å². The van der Waals surface area contributed by atoms with Crippen LogP contribution in [-0.4, -0.2) is 34.3 Å². The molecule has 0 aliphatic heterocycles. The van der Waals surface area contributed by atoms with Crippen molar-refractivity contribution in [1.82, 2.24) is 34.3 Å². The van der Waals surface area contributed by atoms with Gasteiger partial charge in [0.1, 0.15) is 6.04 Å². The van der Waals surface area contributed by atoms with E-state index in [1.165, 1.54) is 5.56 Å². The van der Waals surface area contributed by atoms with E-state index in [0.29, 0.717) is 11.3 Å². The molecule has 26 heavy (non-hydrogen) atoms. The van der Waals surface area contributed by atoms with Crippen LogP contribution in [-0.2, 0) is 6.54 Å². The third kappa shape index (κ3) is 3.27. The van der Waals surface area contributed by atoms with E-state index in [9.17, 15) is 0 Å². The minimum Gasteiger partial charge on any atom is -0.267 e. The summed E-state index contributed by atoms with van der Waals surface area (Å²) in [5, 5.41) is 16.1. The van der Waals surface area contributed by atoms with Crippen molar-refractivity contribution in [3.63, 3.8) is 0 Å². The van der Waals surface area contributed by atoms with Crippen LogP contribution in [0.2, 0.25) is 0 Å². The smallest absolute Gasteiger partial charge is 0.200 e. The summed E-state index contributed by atoms with van der Waals surface area (Å²) in [6.45, 7) is 2.72. The van der Waals surface area contributed by atoms with Crippen LogP contribution in [0.4, 0.5) is 0 Å². The molecule has 0 fully saturated rings. The van der Waals surface area contributed by atoms with Gasteiger partial charge >= 0.3 is 0 Å². The minimum atomic E-state index is -0.0910. The van der Waals surface area contributed by atoms with E-state index in [2.05, 4.69) is 48.5 Å². The van der Waals surface area contributed by atoms with Gasteiger partial charge in [0.25, 0.3) is 0 Å². The molecule has 0 amide bonds. The van der Waals surface area contributed by atoms with E-state index in [1.807, 2.05) is 51.4 Å². The summed E-state index contributed by atoms with van der Waals surface area (Å²) in [7, 11) is 0. The van der Waals surface area contributed by atoms with E-state index < -0.39 is 0 Å². The van der Waals surface area contributed by atoms with Crippen molar-refractivity contribution in [2.75, 3.05) is 0 Å². The lowest BCUT2D eigenvalue weighted by Crippen LogP contribution is -2.13. The van der Waals surface area contributed by atoms with Crippen LogP contribution in [0.3, 0.4) is 0 Å². The number of hydrogen-bond acceptors (Lipinski definition) is 4. The Morgan fingerprint density at radius 2 is 1.96 bits per heavy atom. The third-order valence-corrected chi connectivity index (χ3v) is 4.79. The zero-order valence-corrected chi connectivity index (χ0v) is 16.4. The number of rotatable bonds is 5. The molecule has 1 N–H and O–H groups in total. The molecule has 4 rings (SSSR count). The summed E-state index contributed by atoms with van der Waals surface area (Å²) in [5.41, 5.74) is 2.06. The van der Waals surface area contributed by atoms with Crippen LogP contribution in [0.5, 0.6) is 0 Å². The van der Waals surface area contributed by atoms with Crippen molar-refractivity contribution in [2.24, 2.45) is 0 Å². The van der Waals surface area contributed by atoms with Crippen LogP contribution in [0, 0.1) is 4.77 Å². The van der Waals surface area contributed by atoms with Crippen LogP contribution in [0.1, 0.15) is 24.4 Å². The van der Waals surface area contributed by atoms with Gasteiger partial charge in [-0.15, -0.1) is 0 Å². The molecule has 9 heteroatoms. The summed E-state index contributed by atoms with van der Waals surface area (Å²) in [4.78, 5) is 0. The quantitative estimate of drug-likeness (QED) is 0.490. The Balaban J connectivity index is 1.66. The number of nitrogens with zero attached hydrogens (tertiary/aromatic N) is 6. The largest absolute Gasteiger partial charge is 0.267 e. The zero-order valence-electron chi connectivity index (χ0n) is 14.0. The summed E-state index contributed by atoms with van der Waals surface area (Å²) >= 11 is 8.86. The fourth-order valence-corrected chi connectivity index (χ4v) is 3.35. The second-order valence-corrected chi connectivity index (χ2v) is 7.22. The predicted octanol–water partition coefficient (Wildman–Crippen LogP) is 3.74. The third-order valence-electron chi connectivity index (χ3n) is 4.10. The maximum atomic E-state index is 5.44. The molecular formula is C17H16BrN7S. The maximum Gasteiger partial charge on any atom is 0.200 e. The monoisotopic (exact) mass is 429 g/mol. The van der Waals surface area contributed by atoms with Crippen LogP contribution >= 0.6 is 28.1 Å². The molecule has 132 valence electrons. The minimum absolute atomic E-state index is 0.0910. The highest BCUT2D eigenvalue weighted by Crippen LogP contribution is 2.21. The summed E-state index contributed by atoms with van der Waals surface area (Å²) in [6.07, 6.45) is 7.42. The second kappa shape index (κ2) is 7.00. The number of H-pyrrole nitrogens is 1. The van der Waals surface area contributed by atoms with Crippen molar-refractivity contribution in [3.8, 4) is 5.69 Å². The second-order valence-electron chi connectivity index (χ2n) is 5.92. The van der Waals surface area contributed by atoms with E-state index in [-0.39, 0.29) is 6.04 Å². The molecule has 0 saturated carbocycles. The first-order chi connectivity index (χ1) is 12.6. The van der Waals surface area contributed by atoms with E-state index in [0.717, 1.165) is 16.0 Å². The van der Waals surface area contributed by atoms with Gasteiger partial charge in [0.15, 0.2) is 10.6 Å². The Bertz CT molecular complexity index is 1080. The number of aromatic amines is 1. The first-order valence-corrected chi connectivity index (χ1v) is 9.25. The maximum absolute atomic E-state index is 5.44. The first kappa shape index (κ1) is 16.9. The molecule has 3 aromatic heterocycles. The van der Waals surface area contributed by atoms with Gasteiger partial charge in [0, 0.05) is 12.4 Å². The Kier molecular flexibility index (Phi) is 4.56. The highest BCUT2D eigenvalue weighted by Gasteiger charge is 2.19. The average molecular weight is 430 g/mol. The Hall–Kier alpha value is -2.52. The molecule has 1 unspecified atom stereocenters. The fraction of sp³-hybridized carbons (Fsp3) is 0.176. The molecule has 0 bridgehead atoms. The molecule has 1 aromatic carbocycles. The topological polar surface area (TPSA) is 69.2 Å². The fourth-order valence-electron chi connectivity index (χ4n) is 2.81. The Morgan fingerprint density at radius 1 is 1.15 bits per heavy atom. The number of aromatic nitrogens is 7. The molecule has 0 aliphatic rings. The van der Waals surface area contributed by atoms with Crippen LogP contribution < -0.4 is 0 Å². The average Bonchev–Trinajstić information content (AvgIpc) is 3.35. The molecule has 0 spiro atoms. The summed E-state index contributed by atoms with van der Waals surface area (Å²) in [6, 6.07) is 10.1.